The number of halogens is 3. The number of benzene rings is 1. The summed E-state index contributed by atoms with van der Waals surface area (Å²) in [7, 11) is 1.22. The van der Waals surface area contributed by atoms with Crippen molar-refractivity contribution in [2.45, 2.75) is 58.0 Å². The number of nitrogens with one attached hydrogen (secondary N) is 1. The SMILES string of the molecule is CCN1C(=O)c2c(OC)c(=O)c(C(=O)NCc3c(F)cc(F)cc3F)cn2[C@@H](C)[C@H]1CC1(CC)OCCO1. The summed E-state index contributed by atoms with van der Waals surface area (Å²) >= 11 is 0. The van der Waals surface area contributed by atoms with Gasteiger partial charge in [0.1, 0.15) is 23.0 Å². The van der Waals surface area contributed by atoms with Crippen molar-refractivity contribution in [1.82, 2.24) is 14.8 Å². The van der Waals surface area contributed by atoms with E-state index in [0.717, 1.165) is 0 Å². The second kappa shape index (κ2) is 10.8. The van der Waals surface area contributed by atoms with Gasteiger partial charge in [-0.1, -0.05) is 6.92 Å². The van der Waals surface area contributed by atoms with Crippen LogP contribution in [0.5, 0.6) is 5.75 Å². The first kappa shape index (κ1) is 27.6. The highest BCUT2D eigenvalue weighted by Gasteiger charge is 2.46. The lowest BCUT2D eigenvalue weighted by molar-refractivity contribution is -0.175. The number of methoxy groups -OCH3 is 1. The van der Waals surface area contributed by atoms with Crippen molar-refractivity contribution in [2.24, 2.45) is 0 Å². The highest BCUT2D eigenvalue weighted by molar-refractivity contribution is 5.99. The zero-order valence-corrected chi connectivity index (χ0v) is 21.6. The van der Waals surface area contributed by atoms with E-state index in [9.17, 15) is 27.6 Å². The molecule has 2 aliphatic heterocycles. The van der Waals surface area contributed by atoms with E-state index in [1.807, 2.05) is 20.8 Å². The summed E-state index contributed by atoms with van der Waals surface area (Å²) in [4.78, 5) is 41.4. The molecule has 1 aromatic heterocycles. The van der Waals surface area contributed by atoms with E-state index in [1.165, 1.54) is 17.9 Å². The number of nitrogens with zero attached hydrogens (tertiary/aromatic N) is 2. The van der Waals surface area contributed by atoms with Gasteiger partial charge in [0.2, 0.25) is 5.43 Å². The number of rotatable bonds is 8. The third-order valence-electron chi connectivity index (χ3n) is 7.25. The minimum absolute atomic E-state index is 0.00548. The monoisotopic (exact) mass is 537 g/mol. The van der Waals surface area contributed by atoms with Gasteiger partial charge in [0.15, 0.2) is 17.2 Å². The average Bonchev–Trinajstić information content (AvgIpc) is 3.35. The number of aromatic nitrogens is 1. The Kier molecular flexibility index (Phi) is 7.84. The fraction of sp³-hybridized carbons (Fsp3) is 0.500. The first-order chi connectivity index (χ1) is 18.1. The lowest BCUT2D eigenvalue weighted by Gasteiger charge is -2.44. The van der Waals surface area contributed by atoms with Crippen LogP contribution in [0, 0.1) is 17.5 Å². The van der Waals surface area contributed by atoms with Crippen molar-refractivity contribution in [3.63, 3.8) is 0 Å². The number of hydrogen-bond donors (Lipinski definition) is 1. The van der Waals surface area contributed by atoms with Crippen LogP contribution in [0.4, 0.5) is 13.2 Å². The van der Waals surface area contributed by atoms with Crippen molar-refractivity contribution in [1.29, 1.82) is 0 Å². The maximum absolute atomic E-state index is 14.0. The minimum Gasteiger partial charge on any atom is -0.491 e. The second-order valence-corrected chi connectivity index (χ2v) is 9.26. The van der Waals surface area contributed by atoms with Gasteiger partial charge in [-0.05, 0) is 20.3 Å². The van der Waals surface area contributed by atoms with Crippen LogP contribution in [-0.4, -0.2) is 60.0 Å². The molecule has 1 aromatic carbocycles. The number of pyridine rings is 1. The fourth-order valence-corrected chi connectivity index (χ4v) is 5.17. The summed E-state index contributed by atoms with van der Waals surface area (Å²) < 4.78 is 59.9. The highest BCUT2D eigenvalue weighted by atomic mass is 19.1. The molecular formula is C26H30F3N3O6. The predicted octanol–water partition coefficient (Wildman–Crippen LogP) is 3.15. The van der Waals surface area contributed by atoms with Crippen LogP contribution in [0.2, 0.25) is 0 Å². The first-order valence-electron chi connectivity index (χ1n) is 12.4. The molecule has 12 heteroatoms. The van der Waals surface area contributed by atoms with E-state index in [-0.39, 0.29) is 17.0 Å². The molecule has 0 unspecified atom stereocenters. The molecule has 1 saturated heterocycles. The van der Waals surface area contributed by atoms with Gasteiger partial charge in [-0.3, -0.25) is 14.4 Å². The zero-order valence-electron chi connectivity index (χ0n) is 21.6. The Morgan fingerprint density at radius 1 is 1.16 bits per heavy atom. The number of ether oxygens (including phenoxy) is 3. The Morgan fingerprint density at radius 2 is 1.79 bits per heavy atom. The topological polar surface area (TPSA) is 99.1 Å². The molecule has 3 heterocycles. The Bertz CT molecular complexity index is 1280. The maximum Gasteiger partial charge on any atom is 0.274 e. The van der Waals surface area contributed by atoms with E-state index < -0.39 is 64.7 Å². The number of likely N-dealkylation sites (N-methyl/N-ethyl adjacent to an activating group) is 1. The van der Waals surface area contributed by atoms with E-state index >= 15 is 0 Å². The van der Waals surface area contributed by atoms with Gasteiger partial charge < -0.3 is 29.0 Å². The first-order valence-corrected chi connectivity index (χ1v) is 12.4. The number of carbonyl (C=O) groups excluding carboxylic acids is 2. The lowest BCUT2D eigenvalue weighted by Crippen LogP contribution is -2.54. The standard InChI is InChI=1S/C26H30F3N3O6/c1-5-26(37-7-8-38-26)11-20-14(3)32-13-17(22(33)23(36-4)21(32)25(35)31(20)6-2)24(34)30-12-16-18(28)9-15(27)10-19(16)29/h9-10,13-14,20H,5-8,11-12H2,1-4H3,(H,30,34)/t14-,20+/m0/s1. The third-order valence-corrected chi connectivity index (χ3v) is 7.25. The Labute approximate surface area is 217 Å². The fourth-order valence-electron chi connectivity index (χ4n) is 5.17. The summed E-state index contributed by atoms with van der Waals surface area (Å²) in [5, 5.41) is 2.30. The highest BCUT2D eigenvalue weighted by Crippen LogP contribution is 2.38. The molecule has 38 heavy (non-hydrogen) atoms. The summed E-state index contributed by atoms with van der Waals surface area (Å²) in [6.45, 7) is 6.19. The van der Waals surface area contributed by atoms with Crippen LogP contribution in [0.15, 0.2) is 23.1 Å². The largest absolute Gasteiger partial charge is 0.491 e. The smallest absolute Gasteiger partial charge is 0.274 e. The molecule has 0 radical (unpaired) electrons. The quantitative estimate of drug-likeness (QED) is 0.556. The van der Waals surface area contributed by atoms with Crippen LogP contribution in [0.1, 0.15) is 66.1 Å². The van der Waals surface area contributed by atoms with Gasteiger partial charge >= 0.3 is 0 Å². The van der Waals surface area contributed by atoms with Crippen molar-refractivity contribution >= 4 is 11.8 Å². The molecule has 1 fully saturated rings. The van der Waals surface area contributed by atoms with E-state index in [4.69, 9.17) is 14.2 Å². The molecule has 4 rings (SSSR count). The van der Waals surface area contributed by atoms with Gasteiger partial charge in [0.25, 0.3) is 11.8 Å². The van der Waals surface area contributed by atoms with Gasteiger partial charge in [-0.2, -0.15) is 0 Å². The molecule has 0 bridgehead atoms. The zero-order chi connectivity index (χ0) is 27.8. The van der Waals surface area contributed by atoms with Crippen molar-refractivity contribution < 1.29 is 37.0 Å². The molecule has 2 aromatic rings. The minimum atomic E-state index is -1.18. The van der Waals surface area contributed by atoms with Gasteiger partial charge in [0, 0.05) is 43.4 Å². The molecule has 206 valence electrons. The summed E-state index contributed by atoms with van der Waals surface area (Å²) in [5.74, 6) is -6.01. The molecule has 0 saturated carbocycles. The summed E-state index contributed by atoms with van der Waals surface area (Å²) in [6.07, 6.45) is 2.18. The Balaban J connectivity index is 1.71. The van der Waals surface area contributed by atoms with Crippen LogP contribution in [-0.2, 0) is 16.0 Å². The second-order valence-electron chi connectivity index (χ2n) is 9.26. The van der Waals surface area contributed by atoms with Crippen LogP contribution < -0.4 is 15.5 Å². The van der Waals surface area contributed by atoms with Crippen LogP contribution in [0.3, 0.4) is 0 Å². The van der Waals surface area contributed by atoms with E-state index in [0.29, 0.717) is 44.7 Å². The third kappa shape index (κ3) is 4.78. The van der Waals surface area contributed by atoms with Crippen molar-refractivity contribution in [2.75, 3.05) is 26.9 Å². The Morgan fingerprint density at radius 3 is 2.34 bits per heavy atom. The molecular weight excluding hydrogens is 507 g/mol. The van der Waals surface area contributed by atoms with Crippen molar-refractivity contribution in [3.05, 3.63) is 62.8 Å². The predicted molar refractivity (Wildman–Crippen MR) is 129 cm³/mol. The molecule has 0 aliphatic carbocycles. The Hall–Kier alpha value is -3.38. The van der Waals surface area contributed by atoms with Gasteiger partial charge in [0.05, 0.1) is 32.4 Å². The summed E-state index contributed by atoms with van der Waals surface area (Å²) in [6, 6.07) is 0.167. The lowest BCUT2D eigenvalue weighted by atomic mass is 9.93. The molecule has 2 aliphatic rings. The molecule has 2 atom stereocenters. The normalized spacial score (nSPS) is 20.4. The van der Waals surface area contributed by atoms with Gasteiger partial charge in [-0.15, -0.1) is 0 Å². The summed E-state index contributed by atoms with van der Waals surface area (Å²) in [5.41, 5.74) is -1.79. The molecule has 2 amide bonds. The number of hydrogen-bond acceptors (Lipinski definition) is 6. The van der Waals surface area contributed by atoms with E-state index in [2.05, 4.69) is 5.32 Å². The number of amides is 2. The van der Waals surface area contributed by atoms with E-state index in [1.54, 1.807) is 4.90 Å². The molecule has 0 spiro atoms. The van der Waals surface area contributed by atoms with Gasteiger partial charge in [-0.25, -0.2) is 13.2 Å². The maximum atomic E-state index is 14.0. The number of fused-ring (bicyclic) bond motifs is 1. The molecule has 9 nitrogen and oxygen atoms in total. The molecule has 1 N–H and O–H groups in total. The van der Waals surface area contributed by atoms with Crippen LogP contribution in [0.25, 0.3) is 0 Å². The average molecular weight is 538 g/mol. The van der Waals surface area contributed by atoms with Crippen LogP contribution >= 0.6 is 0 Å². The van der Waals surface area contributed by atoms with Crippen molar-refractivity contribution in [3.8, 4) is 5.75 Å². The number of carbonyl (C=O) groups is 2.